The summed E-state index contributed by atoms with van der Waals surface area (Å²) >= 11 is 0. The first-order valence-electron chi connectivity index (χ1n) is 11.1. The van der Waals surface area contributed by atoms with Gasteiger partial charge in [-0.1, -0.05) is 18.2 Å². The molecule has 1 N–H and O–H groups in total. The number of hydrogen-bond acceptors (Lipinski definition) is 6. The molecule has 0 saturated carbocycles. The van der Waals surface area contributed by atoms with Gasteiger partial charge in [-0.05, 0) is 48.7 Å². The van der Waals surface area contributed by atoms with Gasteiger partial charge in [-0.3, -0.25) is 9.50 Å². The van der Waals surface area contributed by atoms with Crippen LogP contribution >= 0.6 is 0 Å². The molecule has 6 rings (SSSR count). The molecule has 0 radical (unpaired) electrons. The zero-order valence-corrected chi connectivity index (χ0v) is 18.0. The Morgan fingerprint density at radius 1 is 0.970 bits per heavy atom. The van der Waals surface area contributed by atoms with E-state index in [1.54, 1.807) is 0 Å². The van der Waals surface area contributed by atoms with Crippen LogP contribution in [0.4, 0.5) is 5.82 Å². The van der Waals surface area contributed by atoms with Crippen LogP contribution in [0.1, 0.15) is 24.3 Å². The van der Waals surface area contributed by atoms with Gasteiger partial charge in [0, 0.05) is 31.4 Å². The highest BCUT2D eigenvalue weighted by molar-refractivity contribution is 5.59. The Bertz CT molecular complexity index is 1360. The van der Waals surface area contributed by atoms with Crippen molar-refractivity contribution in [1.29, 1.82) is 0 Å². The fraction of sp³-hybridized carbons (Fsp3) is 0.200. The summed E-state index contributed by atoms with van der Waals surface area (Å²) in [5, 5.41) is 7.05. The number of para-hydroxylation sites is 1. The minimum absolute atomic E-state index is 0.449. The van der Waals surface area contributed by atoms with Gasteiger partial charge in [0.15, 0.2) is 5.82 Å². The Balaban J connectivity index is 1.30. The van der Waals surface area contributed by atoms with Gasteiger partial charge in [0.05, 0.1) is 18.6 Å². The topological polar surface area (TPSA) is 84.2 Å². The Morgan fingerprint density at radius 2 is 1.91 bits per heavy atom. The Morgan fingerprint density at radius 3 is 2.79 bits per heavy atom. The molecule has 1 aliphatic rings. The highest BCUT2D eigenvalue weighted by atomic mass is 16.5. The molecular weight excluding hydrogens is 414 g/mol. The highest BCUT2D eigenvalue weighted by Gasteiger charge is 2.23. The number of pyridine rings is 1. The Kier molecular flexibility index (Phi) is 4.95. The van der Waals surface area contributed by atoms with Crippen molar-refractivity contribution in [3.63, 3.8) is 0 Å². The SMILES string of the molecule is c1ccc(Oc2ccc3ncc(-c4nccc(N5CCC[C@@H](c6cn[nH]c6)C5)n4)n3c2)cc1. The van der Waals surface area contributed by atoms with E-state index >= 15 is 0 Å². The van der Waals surface area contributed by atoms with Crippen LogP contribution in [0.2, 0.25) is 0 Å². The predicted molar refractivity (Wildman–Crippen MR) is 126 cm³/mol. The normalized spacial score (nSPS) is 16.2. The van der Waals surface area contributed by atoms with Gasteiger partial charge < -0.3 is 9.64 Å². The Hall–Kier alpha value is -4.20. The summed E-state index contributed by atoms with van der Waals surface area (Å²) in [6.07, 6.45) is 11.8. The number of nitrogens with zero attached hydrogens (tertiary/aromatic N) is 6. The maximum absolute atomic E-state index is 6.01. The fourth-order valence-electron chi connectivity index (χ4n) is 4.40. The molecule has 5 aromatic rings. The molecule has 0 spiro atoms. The molecule has 0 aliphatic carbocycles. The van der Waals surface area contributed by atoms with Crippen LogP contribution in [-0.4, -0.2) is 42.6 Å². The van der Waals surface area contributed by atoms with Crippen LogP contribution in [0.5, 0.6) is 11.5 Å². The number of fused-ring (bicyclic) bond motifs is 1. The number of benzene rings is 1. The number of aromatic nitrogens is 6. The van der Waals surface area contributed by atoms with Gasteiger partial charge >= 0.3 is 0 Å². The molecular formula is C25H23N7O. The van der Waals surface area contributed by atoms with Gasteiger partial charge in [0.2, 0.25) is 0 Å². The molecule has 1 aliphatic heterocycles. The molecule has 0 bridgehead atoms. The van der Waals surface area contributed by atoms with Crippen molar-refractivity contribution in [2.45, 2.75) is 18.8 Å². The van der Waals surface area contributed by atoms with E-state index in [-0.39, 0.29) is 0 Å². The number of piperidine rings is 1. The number of H-pyrrole nitrogens is 1. The molecule has 1 aromatic carbocycles. The van der Waals surface area contributed by atoms with Crippen LogP contribution in [0, 0.1) is 0 Å². The third kappa shape index (κ3) is 3.91. The number of imidazole rings is 1. The zero-order chi connectivity index (χ0) is 22.0. The quantitative estimate of drug-likeness (QED) is 0.429. The van der Waals surface area contributed by atoms with Crippen LogP contribution in [-0.2, 0) is 0 Å². The number of ether oxygens (including phenoxy) is 1. The molecule has 5 heterocycles. The van der Waals surface area contributed by atoms with E-state index < -0.39 is 0 Å². The molecule has 0 unspecified atom stereocenters. The standard InChI is InChI=1S/C25H23N7O/c1-2-6-20(7-3-1)33-21-8-9-23-27-15-22(32(23)17-21)25-26-11-10-24(30-25)31-12-4-5-18(16-31)19-13-28-29-14-19/h1-3,6-11,13-15,17-18H,4-5,12,16H2,(H,28,29)/t18-/m1/s1. The first-order chi connectivity index (χ1) is 16.3. The molecule has 8 nitrogen and oxygen atoms in total. The summed E-state index contributed by atoms with van der Waals surface area (Å²) in [5.41, 5.74) is 2.90. The molecule has 33 heavy (non-hydrogen) atoms. The van der Waals surface area contributed by atoms with Crippen molar-refractivity contribution in [1.82, 2.24) is 29.5 Å². The summed E-state index contributed by atoms with van der Waals surface area (Å²) in [6, 6.07) is 15.6. The maximum Gasteiger partial charge on any atom is 0.180 e. The fourth-order valence-corrected chi connectivity index (χ4v) is 4.40. The van der Waals surface area contributed by atoms with Gasteiger partial charge in [0.25, 0.3) is 0 Å². The van der Waals surface area contributed by atoms with E-state index in [4.69, 9.17) is 9.72 Å². The van der Waals surface area contributed by atoms with Gasteiger partial charge in [-0.15, -0.1) is 0 Å². The smallest absolute Gasteiger partial charge is 0.180 e. The molecule has 164 valence electrons. The van der Waals surface area contributed by atoms with Crippen molar-refractivity contribution in [2.75, 3.05) is 18.0 Å². The van der Waals surface area contributed by atoms with Gasteiger partial charge in [-0.2, -0.15) is 5.10 Å². The lowest BCUT2D eigenvalue weighted by Gasteiger charge is -2.33. The number of nitrogens with one attached hydrogen (secondary N) is 1. The second-order valence-electron chi connectivity index (χ2n) is 8.21. The second kappa shape index (κ2) is 8.38. The zero-order valence-electron chi connectivity index (χ0n) is 18.0. The molecule has 1 fully saturated rings. The number of hydrogen-bond donors (Lipinski definition) is 1. The average molecular weight is 438 g/mol. The third-order valence-electron chi connectivity index (χ3n) is 6.06. The summed E-state index contributed by atoms with van der Waals surface area (Å²) in [4.78, 5) is 16.3. The highest BCUT2D eigenvalue weighted by Crippen LogP contribution is 2.30. The third-order valence-corrected chi connectivity index (χ3v) is 6.06. The van der Waals surface area contributed by atoms with E-state index in [0.717, 1.165) is 54.6 Å². The van der Waals surface area contributed by atoms with E-state index in [1.165, 1.54) is 5.56 Å². The lowest BCUT2D eigenvalue weighted by Crippen LogP contribution is -2.34. The molecule has 4 aromatic heterocycles. The average Bonchev–Trinajstić information content (AvgIpc) is 3.55. The van der Waals surface area contributed by atoms with E-state index in [9.17, 15) is 0 Å². The Labute approximate surface area is 190 Å². The van der Waals surface area contributed by atoms with Crippen LogP contribution in [0.25, 0.3) is 17.2 Å². The molecule has 8 heteroatoms. The number of anilines is 1. The number of rotatable bonds is 5. The summed E-state index contributed by atoms with van der Waals surface area (Å²) < 4.78 is 7.98. The maximum atomic E-state index is 6.01. The summed E-state index contributed by atoms with van der Waals surface area (Å²) in [6.45, 7) is 1.89. The summed E-state index contributed by atoms with van der Waals surface area (Å²) in [5.74, 6) is 3.53. The second-order valence-corrected chi connectivity index (χ2v) is 8.21. The van der Waals surface area contributed by atoms with Crippen LogP contribution < -0.4 is 9.64 Å². The monoisotopic (exact) mass is 437 g/mol. The summed E-state index contributed by atoms with van der Waals surface area (Å²) in [7, 11) is 0. The van der Waals surface area contributed by atoms with Crippen molar-refractivity contribution in [3.05, 3.63) is 85.1 Å². The lowest BCUT2D eigenvalue weighted by atomic mass is 9.93. The van der Waals surface area contributed by atoms with Crippen LogP contribution in [0.15, 0.2) is 79.5 Å². The molecule has 1 saturated heterocycles. The lowest BCUT2D eigenvalue weighted by molar-refractivity contribution is 0.479. The predicted octanol–water partition coefficient (Wildman–Crippen LogP) is 4.69. The minimum atomic E-state index is 0.449. The minimum Gasteiger partial charge on any atom is -0.456 e. The van der Waals surface area contributed by atoms with E-state index in [1.807, 2.05) is 83.9 Å². The largest absolute Gasteiger partial charge is 0.456 e. The van der Waals surface area contributed by atoms with Gasteiger partial charge in [0.1, 0.15) is 28.7 Å². The van der Waals surface area contributed by atoms with Crippen molar-refractivity contribution < 1.29 is 4.74 Å². The number of aromatic amines is 1. The molecule has 1 atom stereocenters. The van der Waals surface area contributed by atoms with Gasteiger partial charge in [-0.25, -0.2) is 15.0 Å². The first kappa shape index (κ1) is 19.5. The van der Waals surface area contributed by atoms with E-state index in [2.05, 4.69) is 25.1 Å². The van der Waals surface area contributed by atoms with Crippen molar-refractivity contribution in [3.8, 4) is 23.0 Å². The van der Waals surface area contributed by atoms with Crippen LogP contribution in [0.3, 0.4) is 0 Å². The van der Waals surface area contributed by atoms with Crippen molar-refractivity contribution >= 4 is 11.5 Å². The first-order valence-corrected chi connectivity index (χ1v) is 11.1. The van der Waals surface area contributed by atoms with E-state index in [0.29, 0.717) is 11.7 Å². The van der Waals surface area contributed by atoms with Crippen molar-refractivity contribution in [2.24, 2.45) is 0 Å². The molecule has 0 amide bonds.